The van der Waals surface area contributed by atoms with Crippen molar-refractivity contribution in [2.24, 2.45) is 11.8 Å². The van der Waals surface area contributed by atoms with Gasteiger partial charge in [0.15, 0.2) is 0 Å². The van der Waals surface area contributed by atoms with Crippen molar-refractivity contribution in [3.8, 4) is 6.07 Å². The Morgan fingerprint density at radius 3 is 2.39 bits per heavy atom. The Morgan fingerprint density at radius 2 is 2.00 bits per heavy atom. The van der Waals surface area contributed by atoms with E-state index in [1.807, 2.05) is 0 Å². The first-order valence-electron chi connectivity index (χ1n) is 7.33. The van der Waals surface area contributed by atoms with Crippen LogP contribution in [0.15, 0.2) is 0 Å². The van der Waals surface area contributed by atoms with Crippen LogP contribution in [0.2, 0.25) is 0 Å². The van der Waals surface area contributed by atoms with Crippen LogP contribution in [0.25, 0.3) is 0 Å². The molecule has 1 saturated carbocycles. The van der Waals surface area contributed by atoms with Gasteiger partial charge in [-0.15, -0.1) is 0 Å². The van der Waals surface area contributed by atoms with Crippen molar-refractivity contribution >= 4 is 0 Å². The van der Waals surface area contributed by atoms with Gasteiger partial charge in [0.25, 0.3) is 0 Å². The van der Waals surface area contributed by atoms with E-state index in [2.05, 4.69) is 51.0 Å². The van der Waals surface area contributed by atoms with Gasteiger partial charge in [-0.3, -0.25) is 5.32 Å². The maximum atomic E-state index is 9.64. The second kappa shape index (κ2) is 6.54. The summed E-state index contributed by atoms with van der Waals surface area (Å²) in [6, 6.07) is 3.10. The maximum Gasteiger partial charge on any atom is 0.122 e. The zero-order chi connectivity index (χ0) is 13.8. The molecule has 1 fully saturated rings. The standard InChI is InChI=1S/C15H29N3/c1-6-9-17-15(10-16,14-7-8-14)11-18(5)13(4)12(2)3/h12-14,17H,6-9,11H2,1-5H3. The molecule has 3 nitrogen and oxygen atoms in total. The lowest BCUT2D eigenvalue weighted by molar-refractivity contribution is 0.156. The minimum Gasteiger partial charge on any atom is -0.301 e. The van der Waals surface area contributed by atoms with E-state index in [-0.39, 0.29) is 5.54 Å². The molecule has 1 aliphatic rings. The summed E-state index contributed by atoms with van der Waals surface area (Å²) in [6.45, 7) is 10.7. The van der Waals surface area contributed by atoms with Crippen molar-refractivity contribution in [3.05, 3.63) is 0 Å². The molecule has 1 aliphatic carbocycles. The normalized spacial score (nSPS) is 20.8. The minimum atomic E-state index is -0.325. The molecule has 0 radical (unpaired) electrons. The molecule has 0 aliphatic heterocycles. The van der Waals surface area contributed by atoms with Crippen molar-refractivity contribution in [2.75, 3.05) is 20.1 Å². The van der Waals surface area contributed by atoms with Crippen LogP contribution in [0, 0.1) is 23.2 Å². The van der Waals surface area contributed by atoms with Gasteiger partial charge in [0.05, 0.1) is 6.07 Å². The Bertz CT molecular complexity index is 291. The van der Waals surface area contributed by atoms with Crippen LogP contribution in [0.5, 0.6) is 0 Å². The van der Waals surface area contributed by atoms with Crippen LogP contribution in [0.1, 0.15) is 47.0 Å². The second-order valence-corrected chi connectivity index (χ2v) is 6.18. The van der Waals surface area contributed by atoms with Crippen molar-refractivity contribution in [1.29, 1.82) is 5.26 Å². The van der Waals surface area contributed by atoms with Gasteiger partial charge in [0, 0.05) is 12.6 Å². The van der Waals surface area contributed by atoms with E-state index in [1.165, 1.54) is 12.8 Å². The first kappa shape index (κ1) is 15.5. The van der Waals surface area contributed by atoms with E-state index in [0.29, 0.717) is 17.9 Å². The monoisotopic (exact) mass is 251 g/mol. The Kier molecular flexibility index (Phi) is 5.62. The molecule has 18 heavy (non-hydrogen) atoms. The quantitative estimate of drug-likeness (QED) is 0.721. The van der Waals surface area contributed by atoms with Gasteiger partial charge in [-0.2, -0.15) is 5.26 Å². The first-order valence-corrected chi connectivity index (χ1v) is 7.33. The van der Waals surface area contributed by atoms with Crippen LogP contribution < -0.4 is 5.32 Å². The largest absolute Gasteiger partial charge is 0.301 e. The van der Waals surface area contributed by atoms with Crippen LogP contribution in [0.3, 0.4) is 0 Å². The summed E-state index contributed by atoms with van der Waals surface area (Å²) in [5.74, 6) is 1.17. The highest BCUT2D eigenvalue weighted by molar-refractivity contribution is 5.16. The molecular weight excluding hydrogens is 222 g/mol. The third kappa shape index (κ3) is 3.70. The Hall–Kier alpha value is -0.590. The predicted octanol–water partition coefficient (Wildman–Crippen LogP) is 2.63. The molecule has 0 aromatic carbocycles. The highest BCUT2D eigenvalue weighted by Crippen LogP contribution is 2.40. The molecule has 1 N–H and O–H groups in total. The summed E-state index contributed by atoms with van der Waals surface area (Å²) in [4.78, 5) is 2.34. The third-order valence-corrected chi connectivity index (χ3v) is 4.32. The van der Waals surface area contributed by atoms with Crippen LogP contribution in [0.4, 0.5) is 0 Å². The van der Waals surface area contributed by atoms with E-state index in [1.54, 1.807) is 0 Å². The van der Waals surface area contributed by atoms with Crippen LogP contribution >= 0.6 is 0 Å². The molecule has 0 aromatic rings. The topological polar surface area (TPSA) is 39.1 Å². The molecule has 0 bridgehead atoms. The van der Waals surface area contributed by atoms with E-state index >= 15 is 0 Å². The number of nitrogens with one attached hydrogen (secondary N) is 1. The lowest BCUT2D eigenvalue weighted by Crippen LogP contribution is -2.55. The molecule has 0 aromatic heterocycles. The number of hydrogen-bond donors (Lipinski definition) is 1. The second-order valence-electron chi connectivity index (χ2n) is 6.18. The van der Waals surface area contributed by atoms with Gasteiger partial charge in [-0.05, 0) is 51.6 Å². The van der Waals surface area contributed by atoms with Gasteiger partial charge in [-0.1, -0.05) is 20.8 Å². The molecule has 3 heteroatoms. The van der Waals surface area contributed by atoms with Gasteiger partial charge in [0.2, 0.25) is 0 Å². The molecule has 0 saturated heterocycles. The Labute approximate surface area is 113 Å². The van der Waals surface area contributed by atoms with Gasteiger partial charge in [0.1, 0.15) is 5.54 Å². The molecular formula is C15H29N3. The SMILES string of the molecule is CCCNC(C#N)(CN(C)C(C)C(C)C)C1CC1. The number of rotatable bonds is 8. The van der Waals surface area contributed by atoms with Gasteiger partial charge >= 0.3 is 0 Å². The van der Waals surface area contributed by atoms with Crippen molar-refractivity contribution in [3.63, 3.8) is 0 Å². The fourth-order valence-electron chi connectivity index (χ4n) is 2.47. The van der Waals surface area contributed by atoms with Crippen LogP contribution in [-0.4, -0.2) is 36.6 Å². The lowest BCUT2D eigenvalue weighted by atomic mass is 9.92. The molecule has 0 spiro atoms. The Balaban J connectivity index is 2.69. The average Bonchev–Trinajstić information content (AvgIpc) is 3.17. The predicted molar refractivity (Wildman–Crippen MR) is 76.3 cm³/mol. The molecule has 2 unspecified atom stereocenters. The fourth-order valence-corrected chi connectivity index (χ4v) is 2.47. The maximum absolute atomic E-state index is 9.64. The zero-order valence-electron chi connectivity index (χ0n) is 12.7. The molecule has 1 rings (SSSR count). The van der Waals surface area contributed by atoms with E-state index in [0.717, 1.165) is 19.5 Å². The smallest absolute Gasteiger partial charge is 0.122 e. The fraction of sp³-hybridized carbons (Fsp3) is 0.933. The summed E-state index contributed by atoms with van der Waals surface area (Å²) in [5, 5.41) is 13.2. The summed E-state index contributed by atoms with van der Waals surface area (Å²) >= 11 is 0. The van der Waals surface area contributed by atoms with Crippen LogP contribution in [-0.2, 0) is 0 Å². The van der Waals surface area contributed by atoms with Crippen molar-refractivity contribution in [1.82, 2.24) is 10.2 Å². The molecule has 104 valence electrons. The average molecular weight is 251 g/mol. The molecule has 0 heterocycles. The summed E-state index contributed by atoms with van der Waals surface area (Å²) in [5.41, 5.74) is -0.325. The number of nitriles is 1. The number of nitrogens with zero attached hydrogens (tertiary/aromatic N) is 2. The minimum absolute atomic E-state index is 0.325. The summed E-state index contributed by atoms with van der Waals surface area (Å²) in [7, 11) is 2.15. The van der Waals surface area contributed by atoms with E-state index < -0.39 is 0 Å². The van der Waals surface area contributed by atoms with Gasteiger partial charge in [-0.25, -0.2) is 0 Å². The summed E-state index contributed by atoms with van der Waals surface area (Å²) in [6.07, 6.45) is 3.49. The van der Waals surface area contributed by atoms with E-state index in [9.17, 15) is 5.26 Å². The number of likely N-dealkylation sites (N-methyl/N-ethyl adjacent to an activating group) is 1. The molecule has 0 amide bonds. The first-order chi connectivity index (χ1) is 8.46. The van der Waals surface area contributed by atoms with Crippen molar-refractivity contribution in [2.45, 2.75) is 58.5 Å². The third-order valence-electron chi connectivity index (χ3n) is 4.32. The van der Waals surface area contributed by atoms with Crippen molar-refractivity contribution < 1.29 is 0 Å². The lowest BCUT2D eigenvalue weighted by Gasteiger charge is -2.36. The highest BCUT2D eigenvalue weighted by Gasteiger charge is 2.46. The van der Waals surface area contributed by atoms with Gasteiger partial charge < -0.3 is 4.90 Å². The summed E-state index contributed by atoms with van der Waals surface area (Å²) < 4.78 is 0. The number of hydrogen-bond acceptors (Lipinski definition) is 3. The highest BCUT2D eigenvalue weighted by atomic mass is 15.2. The van der Waals surface area contributed by atoms with E-state index in [4.69, 9.17) is 0 Å². The zero-order valence-corrected chi connectivity index (χ0v) is 12.7. The molecule has 2 atom stereocenters. The Morgan fingerprint density at radius 1 is 1.39 bits per heavy atom.